The predicted molar refractivity (Wildman–Crippen MR) is 75.8 cm³/mol. The highest BCUT2D eigenvalue weighted by Gasteiger charge is 2.16. The molecule has 1 aromatic heterocycles. The summed E-state index contributed by atoms with van der Waals surface area (Å²) in [6.45, 7) is 2.33. The molecule has 0 aliphatic carbocycles. The Kier molecular flexibility index (Phi) is 4.07. The maximum atomic E-state index is 12.2. The van der Waals surface area contributed by atoms with Gasteiger partial charge >= 0.3 is 0 Å². The molecule has 0 bridgehead atoms. The van der Waals surface area contributed by atoms with Crippen LogP contribution in [0.4, 0.5) is 0 Å². The van der Waals surface area contributed by atoms with Crippen molar-refractivity contribution < 1.29 is 9.90 Å². The van der Waals surface area contributed by atoms with Gasteiger partial charge < -0.3 is 10.0 Å². The number of phenols is 1. The van der Waals surface area contributed by atoms with Gasteiger partial charge in [0.2, 0.25) is 0 Å². The lowest BCUT2D eigenvalue weighted by Crippen LogP contribution is -2.26. The van der Waals surface area contributed by atoms with Gasteiger partial charge in [0.05, 0.1) is 27.8 Å². The molecule has 0 fully saturated rings. The molecule has 0 saturated heterocycles. The Bertz CT molecular complexity index is 612. The second kappa shape index (κ2) is 5.59. The van der Waals surface area contributed by atoms with Crippen LogP contribution < -0.4 is 0 Å². The maximum Gasteiger partial charge on any atom is 0.255 e. The van der Waals surface area contributed by atoms with Crippen molar-refractivity contribution in [3.63, 3.8) is 0 Å². The highest BCUT2D eigenvalue weighted by atomic mass is 35.5. The molecule has 1 amide bonds. The molecule has 19 heavy (non-hydrogen) atoms. The van der Waals surface area contributed by atoms with Crippen LogP contribution in [0.1, 0.15) is 21.1 Å². The summed E-state index contributed by atoms with van der Waals surface area (Å²) in [5, 5.41) is 12.6. The number of carbonyl (C=O) groups is 1. The van der Waals surface area contributed by atoms with Crippen molar-refractivity contribution in [2.75, 3.05) is 7.05 Å². The Labute approximate surface area is 120 Å². The quantitative estimate of drug-likeness (QED) is 0.947. The number of amides is 1. The second-order valence-corrected chi connectivity index (χ2v) is 5.65. The minimum atomic E-state index is -0.244. The van der Waals surface area contributed by atoms with Crippen LogP contribution >= 0.6 is 22.9 Å². The van der Waals surface area contributed by atoms with Gasteiger partial charge in [-0.1, -0.05) is 11.6 Å². The molecule has 1 aromatic carbocycles. The first kappa shape index (κ1) is 13.8. The van der Waals surface area contributed by atoms with E-state index in [1.807, 2.05) is 12.3 Å². The molecular weight excluding hydrogens is 284 g/mol. The Morgan fingerprint density at radius 3 is 2.89 bits per heavy atom. The van der Waals surface area contributed by atoms with Gasteiger partial charge in [0.1, 0.15) is 5.75 Å². The minimum Gasteiger partial charge on any atom is -0.508 e. The second-order valence-electron chi connectivity index (χ2n) is 4.18. The fourth-order valence-electron chi connectivity index (χ4n) is 1.68. The van der Waals surface area contributed by atoms with Gasteiger partial charge in [0.25, 0.3) is 5.91 Å². The van der Waals surface area contributed by atoms with E-state index in [9.17, 15) is 9.90 Å². The Balaban J connectivity index is 2.16. The third-order valence-electron chi connectivity index (χ3n) is 2.59. The van der Waals surface area contributed by atoms with E-state index in [1.165, 1.54) is 23.1 Å². The SMILES string of the molecule is Cc1nc(CN(C)C(=O)c2cc(O)ccc2Cl)cs1. The van der Waals surface area contributed by atoms with Crippen LogP contribution in [0.3, 0.4) is 0 Å². The standard InChI is InChI=1S/C13H13ClN2O2S/c1-8-15-9(7-19-8)6-16(2)13(18)11-5-10(17)3-4-12(11)14/h3-5,7,17H,6H2,1-2H3. The van der Waals surface area contributed by atoms with E-state index in [1.54, 1.807) is 18.4 Å². The molecule has 4 nitrogen and oxygen atoms in total. The number of aromatic nitrogens is 1. The number of aromatic hydroxyl groups is 1. The van der Waals surface area contributed by atoms with Crippen LogP contribution in [-0.4, -0.2) is 27.9 Å². The summed E-state index contributed by atoms with van der Waals surface area (Å²) in [5.41, 5.74) is 1.13. The lowest BCUT2D eigenvalue weighted by molar-refractivity contribution is 0.0783. The third-order valence-corrected chi connectivity index (χ3v) is 3.74. The summed E-state index contributed by atoms with van der Waals surface area (Å²) in [4.78, 5) is 18.1. The van der Waals surface area contributed by atoms with E-state index in [-0.39, 0.29) is 17.2 Å². The molecule has 0 radical (unpaired) electrons. The van der Waals surface area contributed by atoms with Gasteiger partial charge in [-0.25, -0.2) is 4.98 Å². The molecule has 0 atom stereocenters. The third kappa shape index (κ3) is 3.24. The van der Waals surface area contributed by atoms with E-state index >= 15 is 0 Å². The number of carbonyl (C=O) groups excluding carboxylic acids is 1. The van der Waals surface area contributed by atoms with Crippen LogP contribution in [0, 0.1) is 6.92 Å². The predicted octanol–water partition coefficient (Wildman–Crippen LogP) is 3.08. The summed E-state index contributed by atoms with van der Waals surface area (Å²) in [6.07, 6.45) is 0. The first-order chi connectivity index (χ1) is 8.97. The molecule has 0 unspecified atom stereocenters. The monoisotopic (exact) mass is 296 g/mol. The average Bonchev–Trinajstić information content (AvgIpc) is 2.77. The van der Waals surface area contributed by atoms with Crippen molar-refractivity contribution in [2.45, 2.75) is 13.5 Å². The summed E-state index contributed by atoms with van der Waals surface area (Å²) in [6, 6.07) is 4.32. The number of phenolic OH excluding ortho intramolecular Hbond substituents is 1. The van der Waals surface area contributed by atoms with E-state index in [0.29, 0.717) is 11.6 Å². The molecule has 6 heteroatoms. The molecule has 2 rings (SSSR count). The van der Waals surface area contributed by atoms with E-state index in [4.69, 9.17) is 11.6 Å². The number of hydrogen-bond donors (Lipinski definition) is 1. The van der Waals surface area contributed by atoms with Gasteiger partial charge in [-0.15, -0.1) is 11.3 Å². The zero-order valence-electron chi connectivity index (χ0n) is 10.6. The van der Waals surface area contributed by atoms with Crippen LogP contribution in [0.15, 0.2) is 23.6 Å². The number of rotatable bonds is 3. The highest BCUT2D eigenvalue weighted by molar-refractivity contribution is 7.09. The van der Waals surface area contributed by atoms with E-state index in [0.717, 1.165) is 10.7 Å². The number of nitrogens with zero attached hydrogens (tertiary/aromatic N) is 2. The molecule has 0 saturated carbocycles. The number of aryl methyl sites for hydroxylation is 1. The fourth-order valence-corrected chi connectivity index (χ4v) is 2.48. The average molecular weight is 297 g/mol. The normalized spacial score (nSPS) is 10.5. The summed E-state index contributed by atoms with van der Waals surface area (Å²) < 4.78 is 0. The molecule has 0 aliphatic heterocycles. The van der Waals surface area contributed by atoms with Crippen molar-refractivity contribution in [3.8, 4) is 5.75 Å². The van der Waals surface area contributed by atoms with Gasteiger partial charge in [0, 0.05) is 12.4 Å². The van der Waals surface area contributed by atoms with Gasteiger partial charge in [-0.3, -0.25) is 4.79 Å². The summed E-state index contributed by atoms with van der Waals surface area (Å²) >= 11 is 7.51. The Morgan fingerprint density at radius 1 is 1.53 bits per heavy atom. The van der Waals surface area contributed by atoms with Crippen LogP contribution in [0.25, 0.3) is 0 Å². The van der Waals surface area contributed by atoms with Crippen molar-refractivity contribution in [1.82, 2.24) is 9.88 Å². The van der Waals surface area contributed by atoms with Gasteiger partial charge in [-0.2, -0.15) is 0 Å². The van der Waals surface area contributed by atoms with E-state index < -0.39 is 0 Å². The Hall–Kier alpha value is -1.59. The number of benzene rings is 1. The van der Waals surface area contributed by atoms with Gasteiger partial charge in [-0.05, 0) is 25.1 Å². The fraction of sp³-hybridized carbons (Fsp3) is 0.231. The minimum absolute atomic E-state index is 0.0191. The molecule has 2 aromatic rings. The van der Waals surface area contributed by atoms with E-state index in [2.05, 4.69) is 4.98 Å². The molecule has 1 heterocycles. The molecule has 0 aliphatic rings. The first-order valence-corrected chi connectivity index (χ1v) is 6.88. The summed E-state index contributed by atoms with van der Waals surface area (Å²) in [7, 11) is 1.68. The number of thiazole rings is 1. The smallest absolute Gasteiger partial charge is 0.255 e. The molecule has 0 spiro atoms. The maximum absolute atomic E-state index is 12.2. The van der Waals surface area contributed by atoms with Crippen LogP contribution in [0.5, 0.6) is 5.75 Å². The zero-order valence-corrected chi connectivity index (χ0v) is 12.1. The van der Waals surface area contributed by atoms with Crippen molar-refractivity contribution in [3.05, 3.63) is 44.9 Å². The highest BCUT2D eigenvalue weighted by Crippen LogP contribution is 2.23. The summed E-state index contributed by atoms with van der Waals surface area (Å²) in [5.74, 6) is -0.225. The van der Waals surface area contributed by atoms with Crippen molar-refractivity contribution >= 4 is 28.8 Å². The number of halogens is 1. The van der Waals surface area contributed by atoms with Crippen molar-refractivity contribution in [2.24, 2.45) is 0 Å². The first-order valence-electron chi connectivity index (χ1n) is 5.62. The number of hydrogen-bond acceptors (Lipinski definition) is 4. The van der Waals surface area contributed by atoms with Gasteiger partial charge in [0.15, 0.2) is 0 Å². The zero-order chi connectivity index (χ0) is 14.0. The van der Waals surface area contributed by atoms with Crippen LogP contribution in [-0.2, 0) is 6.54 Å². The topological polar surface area (TPSA) is 53.4 Å². The largest absolute Gasteiger partial charge is 0.508 e. The molecule has 100 valence electrons. The lowest BCUT2D eigenvalue weighted by Gasteiger charge is -2.16. The van der Waals surface area contributed by atoms with Crippen LogP contribution in [0.2, 0.25) is 5.02 Å². The van der Waals surface area contributed by atoms with Crippen molar-refractivity contribution in [1.29, 1.82) is 0 Å². The Morgan fingerprint density at radius 2 is 2.26 bits per heavy atom. The molecule has 1 N–H and O–H groups in total. The lowest BCUT2D eigenvalue weighted by atomic mass is 10.2. The molecular formula is C13H13ClN2O2S.